The van der Waals surface area contributed by atoms with Crippen LogP contribution in [0.25, 0.3) is 10.2 Å². The fraction of sp³-hybridized carbons (Fsp3) is 0.250. The highest BCUT2D eigenvalue weighted by molar-refractivity contribution is 7.99. The Morgan fingerprint density at radius 3 is 2.73 bits per heavy atom. The van der Waals surface area contributed by atoms with Gasteiger partial charge in [-0.2, -0.15) is 4.99 Å². The van der Waals surface area contributed by atoms with E-state index in [2.05, 4.69) is 4.99 Å². The molecule has 156 valence electrons. The van der Waals surface area contributed by atoms with Gasteiger partial charge in [-0.25, -0.2) is 0 Å². The van der Waals surface area contributed by atoms with Gasteiger partial charge in [-0.3, -0.25) is 19.7 Å². The Hall–Kier alpha value is -2.98. The second-order valence-electron chi connectivity index (χ2n) is 6.06. The van der Waals surface area contributed by atoms with Crippen LogP contribution in [0.4, 0.5) is 5.69 Å². The zero-order valence-electron chi connectivity index (χ0n) is 16.4. The number of benzene rings is 2. The average molecular weight is 446 g/mol. The molecule has 0 aliphatic heterocycles. The number of amides is 1. The van der Waals surface area contributed by atoms with Crippen molar-refractivity contribution in [2.24, 2.45) is 4.99 Å². The minimum Gasteiger partial charge on any atom is -0.465 e. The number of rotatable bonds is 7. The number of carbonyl (C=O) groups excluding carboxylic acids is 2. The summed E-state index contributed by atoms with van der Waals surface area (Å²) in [5.74, 6) is -0.0540. The van der Waals surface area contributed by atoms with Gasteiger partial charge in [-0.1, -0.05) is 24.3 Å². The number of ether oxygens (including phenoxy) is 1. The number of non-ortho nitro benzene ring substituents is 1. The first-order valence-electron chi connectivity index (χ1n) is 9.18. The SMILES string of the molecule is CCOC(=O)Cn1c(=NC(=O)c2cccc(SCC)c2)sc2cc([N+](=O)[O-])ccc21. The Morgan fingerprint density at radius 1 is 1.23 bits per heavy atom. The molecule has 0 N–H and O–H groups in total. The van der Waals surface area contributed by atoms with Crippen molar-refractivity contribution in [3.63, 3.8) is 0 Å². The van der Waals surface area contributed by atoms with Crippen LogP contribution in [0.2, 0.25) is 0 Å². The van der Waals surface area contributed by atoms with Gasteiger partial charge in [0.2, 0.25) is 0 Å². The van der Waals surface area contributed by atoms with Gasteiger partial charge in [-0.15, -0.1) is 11.8 Å². The Morgan fingerprint density at radius 2 is 2.03 bits per heavy atom. The lowest BCUT2D eigenvalue weighted by atomic mass is 10.2. The van der Waals surface area contributed by atoms with Gasteiger partial charge in [0.25, 0.3) is 11.6 Å². The Kier molecular flexibility index (Phi) is 7.01. The third-order valence-corrected chi connectivity index (χ3v) is 5.98. The molecule has 2 aromatic carbocycles. The quantitative estimate of drug-likeness (QED) is 0.235. The molecule has 0 saturated carbocycles. The van der Waals surface area contributed by atoms with E-state index in [-0.39, 0.29) is 23.6 Å². The van der Waals surface area contributed by atoms with Crippen LogP contribution in [0.3, 0.4) is 0 Å². The lowest BCUT2D eigenvalue weighted by Crippen LogP contribution is -2.23. The minimum absolute atomic E-state index is 0.0748. The highest BCUT2D eigenvalue weighted by Crippen LogP contribution is 2.24. The summed E-state index contributed by atoms with van der Waals surface area (Å²) in [5.41, 5.74) is 0.925. The highest BCUT2D eigenvalue weighted by atomic mass is 32.2. The van der Waals surface area contributed by atoms with Gasteiger partial charge in [0.05, 0.1) is 21.7 Å². The molecule has 10 heteroatoms. The first kappa shape index (κ1) is 21.7. The van der Waals surface area contributed by atoms with Crippen molar-refractivity contribution in [3.8, 4) is 0 Å². The molecule has 0 aliphatic rings. The summed E-state index contributed by atoms with van der Waals surface area (Å²) in [7, 11) is 0. The number of nitrogens with zero attached hydrogens (tertiary/aromatic N) is 3. The topological polar surface area (TPSA) is 104 Å². The summed E-state index contributed by atoms with van der Waals surface area (Å²) in [6.07, 6.45) is 0. The zero-order valence-corrected chi connectivity index (χ0v) is 18.0. The van der Waals surface area contributed by atoms with Gasteiger partial charge in [0, 0.05) is 22.6 Å². The lowest BCUT2D eigenvalue weighted by molar-refractivity contribution is -0.384. The number of carbonyl (C=O) groups is 2. The summed E-state index contributed by atoms with van der Waals surface area (Å²) in [6, 6.07) is 11.5. The molecule has 0 unspecified atom stereocenters. The third kappa shape index (κ3) is 4.95. The maximum absolute atomic E-state index is 12.8. The lowest BCUT2D eigenvalue weighted by Gasteiger charge is -2.05. The predicted octanol–water partition coefficient (Wildman–Crippen LogP) is 4.03. The Balaban J connectivity index is 2.10. The first-order valence-corrected chi connectivity index (χ1v) is 11.0. The van der Waals surface area contributed by atoms with E-state index in [0.29, 0.717) is 15.8 Å². The van der Waals surface area contributed by atoms with E-state index in [9.17, 15) is 19.7 Å². The van der Waals surface area contributed by atoms with E-state index < -0.39 is 16.8 Å². The van der Waals surface area contributed by atoms with Gasteiger partial charge >= 0.3 is 5.97 Å². The summed E-state index contributed by atoms with van der Waals surface area (Å²) in [5, 5.41) is 11.1. The van der Waals surface area contributed by atoms with Crippen molar-refractivity contribution in [2.45, 2.75) is 25.3 Å². The van der Waals surface area contributed by atoms with Gasteiger partial charge in [0.1, 0.15) is 6.54 Å². The van der Waals surface area contributed by atoms with E-state index in [1.165, 1.54) is 12.1 Å². The van der Waals surface area contributed by atoms with Crippen LogP contribution in [-0.2, 0) is 16.1 Å². The Labute approximate surface area is 180 Å². The van der Waals surface area contributed by atoms with E-state index >= 15 is 0 Å². The standard InChI is InChI=1S/C20H19N3O5S2/c1-3-28-18(24)12-22-16-9-8-14(23(26)27)11-17(16)30-20(22)21-19(25)13-6-5-7-15(10-13)29-4-2/h5-11H,3-4,12H2,1-2H3. The van der Waals surface area contributed by atoms with Crippen molar-refractivity contribution < 1.29 is 19.2 Å². The molecule has 0 aliphatic carbocycles. The molecule has 0 spiro atoms. The second kappa shape index (κ2) is 9.68. The molecule has 0 bridgehead atoms. The second-order valence-corrected chi connectivity index (χ2v) is 8.41. The molecule has 0 fully saturated rings. The maximum atomic E-state index is 12.8. The normalized spacial score (nSPS) is 11.6. The predicted molar refractivity (Wildman–Crippen MR) is 116 cm³/mol. The summed E-state index contributed by atoms with van der Waals surface area (Å²) in [4.78, 5) is 40.9. The molecule has 3 aromatic rings. The van der Waals surface area contributed by atoms with Crippen LogP contribution in [0, 0.1) is 10.1 Å². The number of hydrogen-bond donors (Lipinski definition) is 0. The minimum atomic E-state index is -0.492. The molecule has 0 radical (unpaired) electrons. The Bertz CT molecular complexity index is 1180. The summed E-state index contributed by atoms with van der Waals surface area (Å²) in [6.45, 7) is 3.80. The zero-order chi connectivity index (χ0) is 21.7. The number of fused-ring (bicyclic) bond motifs is 1. The molecule has 3 rings (SSSR count). The van der Waals surface area contributed by atoms with E-state index in [0.717, 1.165) is 22.0 Å². The van der Waals surface area contributed by atoms with Crippen molar-refractivity contribution >= 4 is 50.9 Å². The average Bonchev–Trinajstić information content (AvgIpc) is 3.04. The van der Waals surface area contributed by atoms with Crippen molar-refractivity contribution in [1.82, 2.24) is 4.57 Å². The van der Waals surface area contributed by atoms with Crippen LogP contribution >= 0.6 is 23.1 Å². The number of esters is 1. The van der Waals surface area contributed by atoms with Crippen LogP contribution in [0.15, 0.2) is 52.4 Å². The number of thiazole rings is 1. The fourth-order valence-electron chi connectivity index (χ4n) is 2.79. The number of hydrogen-bond acceptors (Lipinski definition) is 7. The fourth-order valence-corrected chi connectivity index (χ4v) is 4.57. The molecule has 30 heavy (non-hydrogen) atoms. The highest BCUT2D eigenvalue weighted by Gasteiger charge is 2.16. The van der Waals surface area contributed by atoms with Crippen LogP contribution in [0.1, 0.15) is 24.2 Å². The van der Waals surface area contributed by atoms with E-state index in [1.807, 2.05) is 13.0 Å². The smallest absolute Gasteiger partial charge is 0.326 e. The van der Waals surface area contributed by atoms with E-state index in [4.69, 9.17) is 4.74 Å². The number of nitro groups is 1. The maximum Gasteiger partial charge on any atom is 0.326 e. The van der Waals surface area contributed by atoms with Gasteiger partial charge < -0.3 is 9.30 Å². The molecule has 8 nitrogen and oxygen atoms in total. The first-order chi connectivity index (χ1) is 14.4. The van der Waals surface area contributed by atoms with Gasteiger partial charge in [0.15, 0.2) is 4.80 Å². The molecule has 1 amide bonds. The molecule has 0 saturated heterocycles. The van der Waals surface area contributed by atoms with Crippen LogP contribution in [-0.4, -0.2) is 33.7 Å². The van der Waals surface area contributed by atoms with Crippen LogP contribution in [0.5, 0.6) is 0 Å². The van der Waals surface area contributed by atoms with Crippen molar-refractivity contribution in [3.05, 3.63) is 62.9 Å². The summed E-state index contributed by atoms with van der Waals surface area (Å²) >= 11 is 2.73. The number of thioether (sulfide) groups is 1. The van der Waals surface area contributed by atoms with Crippen molar-refractivity contribution in [2.75, 3.05) is 12.4 Å². The third-order valence-electron chi connectivity index (χ3n) is 4.06. The number of aromatic nitrogens is 1. The molecule has 0 atom stereocenters. The van der Waals surface area contributed by atoms with Gasteiger partial charge in [-0.05, 0) is 36.9 Å². The largest absolute Gasteiger partial charge is 0.465 e. The molecular weight excluding hydrogens is 426 g/mol. The molecule has 1 aromatic heterocycles. The summed E-state index contributed by atoms with van der Waals surface area (Å²) < 4.78 is 7.12. The van der Waals surface area contributed by atoms with Crippen LogP contribution < -0.4 is 4.80 Å². The monoisotopic (exact) mass is 445 g/mol. The molecule has 1 heterocycles. The molecular formula is C20H19N3O5S2. The number of nitro benzene ring substituents is 1. The van der Waals surface area contributed by atoms with E-state index in [1.54, 1.807) is 47.5 Å². The van der Waals surface area contributed by atoms with Crippen molar-refractivity contribution in [1.29, 1.82) is 0 Å².